The standard InChI is InChI=1S/C28H20FN3O4S/c1-3-35-27(34)24-16(2)31-28-32(25(24)17-8-10-19(29)11-9-17)26(33)23(37-28)14-20-12-13-22(36-20)21-7-5-4-6-18(21)15-30/h4-14,25H,3H2,1-2H3/b23-14+. The minimum atomic E-state index is -0.826. The van der Waals surface area contributed by atoms with Crippen LogP contribution in [0.3, 0.4) is 0 Å². The van der Waals surface area contributed by atoms with Gasteiger partial charge in [0.05, 0.1) is 40.1 Å². The predicted octanol–water partition coefficient (Wildman–Crippen LogP) is 4.07. The third-order valence-corrected chi connectivity index (χ3v) is 6.90. The van der Waals surface area contributed by atoms with Crippen molar-refractivity contribution in [1.82, 2.24) is 4.57 Å². The second-order valence-electron chi connectivity index (χ2n) is 8.21. The fourth-order valence-corrected chi connectivity index (χ4v) is 5.28. The molecule has 0 N–H and O–H groups in total. The minimum Gasteiger partial charge on any atom is -0.463 e. The molecular formula is C28H20FN3O4S. The van der Waals surface area contributed by atoms with Crippen molar-refractivity contribution in [3.8, 4) is 17.4 Å². The molecule has 3 heterocycles. The van der Waals surface area contributed by atoms with E-state index in [0.717, 1.165) is 11.3 Å². The highest BCUT2D eigenvalue weighted by Crippen LogP contribution is 2.31. The lowest BCUT2D eigenvalue weighted by Crippen LogP contribution is -2.39. The highest BCUT2D eigenvalue weighted by Gasteiger charge is 2.33. The average molecular weight is 514 g/mol. The van der Waals surface area contributed by atoms with Crippen LogP contribution in [0, 0.1) is 17.1 Å². The molecule has 2 aromatic heterocycles. The first-order chi connectivity index (χ1) is 17.9. The van der Waals surface area contributed by atoms with E-state index in [4.69, 9.17) is 9.15 Å². The highest BCUT2D eigenvalue weighted by atomic mass is 32.1. The molecule has 0 spiro atoms. The zero-order valence-electron chi connectivity index (χ0n) is 19.9. The lowest BCUT2D eigenvalue weighted by molar-refractivity contribution is -0.139. The SMILES string of the molecule is CCOC(=O)C1=C(C)N=c2s/c(=C/c3ccc(-c4ccccc4C#N)o3)c(=O)n2C1c1ccc(F)cc1. The Kier molecular flexibility index (Phi) is 6.42. The number of thiazole rings is 1. The molecule has 0 amide bonds. The molecule has 1 aliphatic rings. The predicted molar refractivity (Wildman–Crippen MR) is 136 cm³/mol. The summed E-state index contributed by atoms with van der Waals surface area (Å²) in [7, 11) is 0. The second-order valence-corrected chi connectivity index (χ2v) is 9.22. The number of furan rings is 1. The Balaban J connectivity index is 1.64. The van der Waals surface area contributed by atoms with Crippen LogP contribution in [-0.2, 0) is 9.53 Å². The molecule has 1 atom stereocenters. The van der Waals surface area contributed by atoms with E-state index in [0.29, 0.717) is 43.2 Å². The van der Waals surface area contributed by atoms with Crippen LogP contribution in [0.15, 0.2) is 86.1 Å². The second kappa shape index (κ2) is 9.84. The number of ether oxygens (including phenoxy) is 1. The molecule has 5 rings (SSSR count). The van der Waals surface area contributed by atoms with E-state index in [9.17, 15) is 19.2 Å². The number of hydrogen-bond donors (Lipinski definition) is 0. The van der Waals surface area contributed by atoms with Crippen molar-refractivity contribution in [1.29, 1.82) is 5.26 Å². The summed E-state index contributed by atoms with van der Waals surface area (Å²) in [5.74, 6) is -0.0891. The van der Waals surface area contributed by atoms with Crippen LogP contribution in [0.4, 0.5) is 4.39 Å². The maximum absolute atomic E-state index is 13.7. The quantitative estimate of drug-likeness (QED) is 0.375. The van der Waals surface area contributed by atoms with Gasteiger partial charge in [-0.25, -0.2) is 14.2 Å². The Bertz CT molecular complexity index is 1770. The van der Waals surface area contributed by atoms with Gasteiger partial charge in [-0.1, -0.05) is 35.6 Å². The molecule has 184 valence electrons. The molecule has 4 aromatic rings. The van der Waals surface area contributed by atoms with Crippen LogP contribution in [0.5, 0.6) is 0 Å². The Morgan fingerprint density at radius 2 is 1.97 bits per heavy atom. The monoisotopic (exact) mass is 513 g/mol. The summed E-state index contributed by atoms with van der Waals surface area (Å²) in [4.78, 5) is 31.4. The van der Waals surface area contributed by atoms with E-state index in [1.54, 1.807) is 62.4 Å². The highest BCUT2D eigenvalue weighted by molar-refractivity contribution is 7.07. The van der Waals surface area contributed by atoms with Crippen molar-refractivity contribution in [2.45, 2.75) is 19.9 Å². The van der Waals surface area contributed by atoms with E-state index in [2.05, 4.69) is 11.1 Å². The summed E-state index contributed by atoms with van der Waals surface area (Å²) in [6.45, 7) is 3.54. The van der Waals surface area contributed by atoms with Gasteiger partial charge in [0.15, 0.2) is 4.80 Å². The Morgan fingerprint density at radius 1 is 1.22 bits per heavy atom. The van der Waals surface area contributed by atoms with Gasteiger partial charge < -0.3 is 9.15 Å². The molecule has 7 nitrogen and oxygen atoms in total. The summed E-state index contributed by atoms with van der Waals surface area (Å²) >= 11 is 1.16. The molecule has 9 heteroatoms. The van der Waals surface area contributed by atoms with Crippen LogP contribution in [0.25, 0.3) is 17.4 Å². The number of fused-ring (bicyclic) bond motifs is 1. The number of allylic oxidation sites excluding steroid dienone is 1. The number of nitriles is 1. The van der Waals surface area contributed by atoms with E-state index in [-0.39, 0.29) is 17.7 Å². The molecule has 0 saturated carbocycles. The fraction of sp³-hybridized carbons (Fsp3) is 0.143. The fourth-order valence-electron chi connectivity index (χ4n) is 4.25. The maximum Gasteiger partial charge on any atom is 0.338 e. The van der Waals surface area contributed by atoms with Crippen LogP contribution < -0.4 is 14.9 Å². The van der Waals surface area contributed by atoms with Crippen molar-refractivity contribution >= 4 is 23.4 Å². The number of carbonyl (C=O) groups excluding carboxylic acids is 1. The van der Waals surface area contributed by atoms with Gasteiger partial charge in [0.25, 0.3) is 5.56 Å². The largest absolute Gasteiger partial charge is 0.463 e. The number of hydrogen-bond acceptors (Lipinski definition) is 7. The first-order valence-corrected chi connectivity index (χ1v) is 12.3. The van der Waals surface area contributed by atoms with Crippen LogP contribution >= 0.6 is 11.3 Å². The van der Waals surface area contributed by atoms with Gasteiger partial charge >= 0.3 is 5.97 Å². The molecule has 0 saturated heterocycles. The van der Waals surface area contributed by atoms with E-state index in [1.165, 1.54) is 16.7 Å². The number of aromatic nitrogens is 1. The molecule has 0 fully saturated rings. The molecule has 0 aliphatic carbocycles. The summed E-state index contributed by atoms with van der Waals surface area (Å²) in [5.41, 5.74) is 1.96. The van der Waals surface area contributed by atoms with Gasteiger partial charge in [-0.05, 0) is 55.8 Å². The lowest BCUT2D eigenvalue weighted by atomic mass is 9.96. The van der Waals surface area contributed by atoms with Crippen LogP contribution in [0.1, 0.15) is 36.8 Å². The van der Waals surface area contributed by atoms with Gasteiger partial charge in [-0.3, -0.25) is 9.36 Å². The summed E-state index contributed by atoms with van der Waals surface area (Å²) < 4.78 is 26.6. The molecule has 1 aliphatic heterocycles. The minimum absolute atomic E-state index is 0.159. The van der Waals surface area contributed by atoms with Gasteiger partial charge in [0.1, 0.15) is 17.3 Å². The first-order valence-electron chi connectivity index (χ1n) is 11.5. The molecule has 2 aromatic carbocycles. The molecule has 37 heavy (non-hydrogen) atoms. The Hall–Kier alpha value is -4.55. The van der Waals surface area contributed by atoms with Gasteiger partial charge in [-0.15, -0.1) is 0 Å². The smallest absolute Gasteiger partial charge is 0.338 e. The Morgan fingerprint density at radius 3 is 2.70 bits per heavy atom. The lowest BCUT2D eigenvalue weighted by Gasteiger charge is -2.24. The number of carbonyl (C=O) groups is 1. The van der Waals surface area contributed by atoms with Gasteiger partial charge in [0.2, 0.25) is 0 Å². The van der Waals surface area contributed by atoms with E-state index < -0.39 is 17.8 Å². The van der Waals surface area contributed by atoms with Crippen LogP contribution in [-0.4, -0.2) is 17.1 Å². The average Bonchev–Trinajstić information content (AvgIpc) is 3.48. The first kappa shape index (κ1) is 24.2. The van der Waals surface area contributed by atoms with Crippen molar-refractivity contribution in [3.05, 3.63) is 114 Å². The van der Waals surface area contributed by atoms with E-state index >= 15 is 0 Å². The third-order valence-electron chi connectivity index (χ3n) is 5.92. The Labute approximate surface area is 214 Å². The number of nitrogens with zero attached hydrogens (tertiary/aromatic N) is 3. The summed E-state index contributed by atoms with van der Waals surface area (Å²) in [6.07, 6.45) is 1.60. The number of esters is 1. The number of rotatable bonds is 5. The summed E-state index contributed by atoms with van der Waals surface area (Å²) in [5, 5.41) is 9.39. The summed E-state index contributed by atoms with van der Waals surface area (Å²) in [6, 6.07) is 17.5. The van der Waals surface area contributed by atoms with Gasteiger partial charge in [-0.2, -0.15) is 5.26 Å². The molecule has 0 bridgehead atoms. The number of benzene rings is 2. The van der Waals surface area contributed by atoms with E-state index in [1.807, 2.05) is 6.07 Å². The zero-order valence-corrected chi connectivity index (χ0v) is 20.7. The number of halogens is 1. The van der Waals surface area contributed by atoms with Crippen molar-refractivity contribution < 1.29 is 18.3 Å². The molecule has 1 unspecified atom stereocenters. The normalized spacial score (nSPS) is 15.2. The molecule has 0 radical (unpaired) electrons. The topological polar surface area (TPSA) is 97.6 Å². The van der Waals surface area contributed by atoms with Crippen molar-refractivity contribution in [3.63, 3.8) is 0 Å². The zero-order chi connectivity index (χ0) is 26.1. The molecular weight excluding hydrogens is 493 g/mol. The third kappa shape index (κ3) is 4.43. The van der Waals surface area contributed by atoms with Crippen LogP contribution in [0.2, 0.25) is 0 Å². The maximum atomic E-state index is 13.7. The van der Waals surface area contributed by atoms with Gasteiger partial charge in [0, 0.05) is 11.6 Å². The van der Waals surface area contributed by atoms with Crippen molar-refractivity contribution in [2.75, 3.05) is 6.61 Å². The van der Waals surface area contributed by atoms with Crippen molar-refractivity contribution in [2.24, 2.45) is 4.99 Å².